The summed E-state index contributed by atoms with van der Waals surface area (Å²) in [6.07, 6.45) is 5.16. The molecule has 0 rings (SSSR count). The van der Waals surface area contributed by atoms with Crippen molar-refractivity contribution in [2.75, 3.05) is 0 Å². The van der Waals surface area contributed by atoms with Gasteiger partial charge in [0.15, 0.2) is 0 Å². The lowest BCUT2D eigenvalue weighted by atomic mass is 9.95. The maximum absolute atomic E-state index is 9.69. The number of aliphatic hydroxyl groups excluding tert-OH is 2. The minimum absolute atomic E-state index is 0.518. The molecule has 0 bridgehead atoms. The summed E-state index contributed by atoms with van der Waals surface area (Å²) in [6, 6.07) is 0. The van der Waals surface area contributed by atoms with Crippen LogP contribution >= 0.6 is 0 Å². The van der Waals surface area contributed by atoms with Gasteiger partial charge in [-0.2, -0.15) is 0 Å². The maximum Gasteiger partial charge on any atom is 0.274 e. The minimum Gasteiger partial charge on any atom is -0.481 e. The van der Waals surface area contributed by atoms with Gasteiger partial charge in [-0.3, -0.25) is 0 Å². The predicted octanol–water partition coefficient (Wildman–Crippen LogP) is 3.14. The number of allylic oxidation sites excluding steroid dienone is 4. The topological polar surface area (TPSA) is 80.9 Å². The van der Waals surface area contributed by atoms with E-state index in [-0.39, 0.29) is 0 Å². The van der Waals surface area contributed by atoms with E-state index >= 15 is 0 Å². The van der Waals surface area contributed by atoms with Gasteiger partial charge in [0.05, 0.1) is 11.7 Å². The van der Waals surface area contributed by atoms with Crippen LogP contribution in [-0.4, -0.2) is 32.1 Å². The van der Waals surface area contributed by atoms with Gasteiger partial charge in [0.1, 0.15) is 0 Å². The molecule has 0 saturated carbocycles. The summed E-state index contributed by atoms with van der Waals surface area (Å²) in [5, 5.41) is 36.6. The van der Waals surface area contributed by atoms with Gasteiger partial charge in [-0.05, 0) is 52.0 Å². The summed E-state index contributed by atoms with van der Waals surface area (Å²) in [4.78, 5) is 0. The van der Waals surface area contributed by atoms with Crippen LogP contribution in [0.15, 0.2) is 35.8 Å². The van der Waals surface area contributed by atoms with E-state index in [1.54, 1.807) is 13.8 Å². The number of rotatable bonds is 8. The average molecular weight is 270 g/mol. The van der Waals surface area contributed by atoms with Gasteiger partial charge in [-0.25, -0.2) is 0 Å². The van der Waals surface area contributed by atoms with E-state index in [9.17, 15) is 10.2 Å². The molecule has 0 spiro atoms. The summed E-state index contributed by atoms with van der Waals surface area (Å²) < 4.78 is 0. The zero-order valence-electron chi connectivity index (χ0n) is 12.1. The lowest BCUT2D eigenvalue weighted by Gasteiger charge is -2.24. The molecule has 1 unspecified atom stereocenters. The Kier molecular flexibility index (Phi) is 7.49. The van der Waals surface area contributed by atoms with Crippen molar-refractivity contribution in [2.45, 2.75) is 58.2 Å². The third-order valence-electron chi connectivity index (χ3n) is 2.92. The van der Waals surface area contributed by atoms with Crippen molar-refractivity contribution < 1.29 is 20.4 Å². The van der Waals surface area contributed by atoms with Gasteiger partial charge < -0.3 is 20.4 Å². The average Bonchev–Trinajstić information content (AvgIpc) is 2.23. The second-order valence-electron chi connectivity index (χ2n) is 5.46. The van der Waals surface area contributed by atoms with Crippen molar-refractivity contribution >= 4 is 0 Å². The van der Waals surface area contributed by atoms with Crippen LogP contribution in [0.2, 0.25) is 0 Å². The van der Waals surface area contributed by atoms with Crippen molar-refractivity contribution in [2.24, 2.45) is 0 Å². The molecular weight excluding hydrogens is 244 g/mol. The molecule has 0 aliphatic rings. The van der Waals surface area contributed by atoms with Crippen molar-refractivity contribution in [3.63, 3.8) is 0 Å². The Labute approximate surface area is 115 Å². The molecule has 4 heteroatoms. The van der Waals surface area contributed by atoms with Crippen molar-refractivity contribution in [1.29, 1.82) is 0 Å². The van der Waals surface area contributed by atoms with Crippen LogP contribution in [0.1, 0.15) is 46.5 Å². The van der Waals surface area contributed by atoms with Gasteiger partial charge in [-0.15, -0.1) is 0 Å². The first kappa shape index (κ1) is 17.7. The highest BCUT2D eigenvalue weighted by Gasteiger charge is 2.23. The third kappa shape index (κ3) is 9.33. The highest BCUT2D eigenvalue weighted by molar-refractivity contribution is 5.15. The van der Waals surface area contributed by atoms with E-state index in [4.69, 9.17) is 10.2 Å². The summed E-state index contributed by atoms with van der Waals surface area (Å²) in [7, 11) is 0. The monoisotopic (exact) mass is 270 g/mol. The molecule has 4 nitrogen and oxygen atoms in total. The molecular formula is C15H26O4. The first-order chi connectivity index (χ1) is 8.62. The van der Waals surface area contributed by atoms with E-state index in [0.717, 1.165) is 18.4 Å². The van der Waals surface area contributed by atoms with Crippen LogP contribution in [0.25, 0.3) is 0 Å². The molecule has 0 aromatic heterocycles. The summed E-state index contributed by atoms with van der Waals surface area (Å²) in [6.45, 7) is 8.85. The molecule has 0 aliphatic carbocycles. The second kappa shape index (κ2) is 8.02. The van der Waals surface area contributed by atoms with Gasteiger partial charge in [-0.1, -0.05) is 18.2 Å². The quantitative estimate of drug-likeness (QED) is 0.310. The SMILES string of the molecule is C=C(C=C(O)O)CCC=C(C)CCC(O)C(C)(C)O. The van der Waals surface area contributed by atoms with Crippen LogP contribution in [0.4, 0.5) is 0 Å². The van der Waals surface area contributed by atoms with E-state index in [0.29, 0.717) is 18.4 Å². The van der Waals surface area contributed by atoms with Crippen LogP contribution in [0, 0.1) is 0 Å². The predicted molar refractivity (Wildman–Crippen MR) is 77.0 cm³/mol. The molecule has 0 amide bonds. The lowest BCUT2D eigenvalue weighted by molar-refractivity contribution is -0.0509. The van der Waals surface area contributed by atoms with E-state index in [2.05, 4.69) is 6.58 Å². The Bertz CT molecular complexity index is 344. The van der Waals surface area contributed by atoms with Crippen LogP contribution in [0.5, 0.6) is 0 Å². The van der Waals surface area contributed by atoms with Crippen molar-refractivity contribution in [3.05, 3.63) is 35.8 Å². The van der Waals surface area contributed by atoms with E-state index < -0.39 is 17.7 Å². The highest BCUT2D eigenvalue weighted by Crippen LogP contribution is 2.17. The van der Waals surface area contributed by atoms with E-state index in [1.807, 2.05) is 13.0 Å². The molecule has 0 radical (unpaired) electrons. The van der Waals surface area contributed by atoms with Gasteiger partial charge in [0, 0.05) is 6.08 Å². The summed E-state index contributed by atoms with van der Waals surface area (Å²) in [5.74, 6) is -0.723. The zero-order valence-corrected chi connectivity index (χ0v) is 12.1. The minimum atomic E-state index is -1.07. The molecule has 19 heavy (non-hydrogen) atoms. The third-order valence-corrected chi connectivity index (χ3v) is 2.92. The van der Waals surface area contributed by atoms with Gasteiger partial charge in [0.25, 0.3) is 5.95 Å². The summed E-state index contributed by atoms with van der Waals surface area (Å²) >= 11 is 0. The maximum atomic E-state index is 9.69. The molecule has 110 valence electrons. The number of aliphatic hydroxyl groups is 4. The van der Waals surface area contributed by atoms with E-state index in [1.165, 1.54) is 6.08 Å². The Morgan fingerprint density at radius 2 is 1.84 bits per heavy atom. The van der Waals surface area contributed by atoms with Crippen LogP contribution in [-0.2, 0) is 0 Å². The highest BCUT2D eigenvalue weighted by atomic mass is 16.5. The van der Waals surface area contributed by atoms with Crippen LogP contribution < -0.4 is 0 Å². The lowest BCUT2D eigenvalue weighted by Crippen LogP contribution is -2.35. The van der Waals surface area contributed by atoms with Crippen molar-refractivity contribution in [3.8, 4) is 0 Å². The molecule has 0 aromatic carbocycles. The Hall–Kier alpha value is -1.26. The molecule has 0 aromatic rings. The zero-order chi connectivity index (χ0) is 15.1. The standard InChI is InChI=1S/C15H26O4/c1-11(8-9-13(16)15(3,4)19)6-5-7-12(2)10-14(17)18/h6,10,13,16-19H,2,5,7-9H2,1,3-4H3. The fourth-order valence-corrected chi connectivity index (χ4v) is 1.58. The first-order valence-electron chi connectivity index (χ1n) is 6.46. The second-order valence-corrected chi connectivity index (χ2v) is 5.46. The number of hydrogen-bond donors (Lipinski definition) is 4. The largest absolute Gasteiger partial charge is 0.481 e. The molecule has 0 fully saturated rings. The Morgan fingerprint density at radius 1 is 1.26 bits per heavy atom. The Balaban J connectivity index is 4.03. The fraction of sp³-hybridized carbons (Fsp3) is 0.600. The first-order valence-corrected chi connectivity index (χ1v) is 6.46. The normalized spacial score (nSPS) is 14.1. The summed E-state index contributed by atoms with van der Waals surface area (Å²) in [5.41, 5.74) is 0.715. The molecule has 1 atom stereocenters. The van der Waals surface area contributed by atoms with Crippen molar-refractivity contribution in [1.82, 2.24) is 0 Å². The number of hydrogen-bond acceptors (Lipinski definition) is 4. The van der Waals surface area contributed by atoms with Crippen LogP contribution in [0.3, 0.4) is 0 Å². The van der Waals surface area contributed by atoms with Gasteiger partial charge in [0.2, 0.25) is 0 Å². The molecule has 0 heterocycles. The Morgan fingerprint density at radius 3 is 2.32 bits per heavy atom. The fourth-order valence-electron chi connectivity index (χ4n) is 1.58. The van der Waals surface area contributed by atoms with Gasteiger partial charge >= 0.3 is 0 Å². The molecule has 0 aliphatic heterocycles. The smallest absolute Gasteiger partial charge is 0.274 e. The molecule has 4 N–H and O–H groups in total. The molecule has 0 saturated heterocycles.